The van der Waals surface area contributed by atoms with Gasteiger partial charge in [0.2, 0.25) is 11.5 Å². The maximum Gasteiger partial charge on any atom is 0.310 e. The van der Waals surface area contributed by atoms with E-state index in [9.17, 15) is 15.2 Å². The lowest BCUT2D eigenvalue weighted by Crippen LogP contribution is -2.60. The fraction of sp³-hybridized carbons (Fsp3) is 0.500. The fourth-order valence-corrected chi connectivity index (χ4v) is 3.58. The first-order chi connectivity index (χ1) is 9.92. The van der Waals surface area contributed by atoms with Gasteiger partial charge in [-0.2, -0.15) is 4.74 Å². The van der Waals surface area contributed by atoms with Crippen molar-refractivity contribution in [3.05, 3.63) is 41.1 Å². The highest BCUT2D eigenvalue weighted by Gasteiger charge is 2.66. The van der Waals surface area contributed by atoms with E-state index in [1.807, 2.05) is 30.3 Å². The van der Waals surface area contributed by atoms with Gasteiger partial charge in [0.25, 0.3) is 0 Å². The third kappa shape index (κ3) is 1.77. The minimum absolute atomic E-state index is 0.190. The van der Waals surface area contributed by atoms with Crippen molar-refractivity contribution in [1.82, 2.24) is 5.06 Å². The quantitative estimate of drug-likeness (QED) is 0.636. The molecule has 3 rings (SSSR count). The Morgan fingerprint density at radius 3 is 2.52 bits per heavy atom. The Bertz CT molecular complexity index is 609. The molecule has 1 spiro atoms. The number of hydrogen-bond acceptors (Lipinski definition) is 4. The van der Waals surface area contributed by atoms with Gasteiger partial charge >= 0.3 is 5.66 Å². The van der Waals surface area contributed by atoms with Crippen LogP contribution >= 0.6 is 0 Å². The third-order valence-electron chi connectivity index (χ3n) is 4.67. The molecule has 1 aromatic carbocycles. The number of nitrogens with zero attached hydrogens (tertiary/aromatic N) is 2. The monoisotopic (exact) mass is 288 g/mol. The summed E-state index contributed by atoms with van der Waals surface area (Å²) in [6.07, 6.45) is 2.25. The number of Topliss-reactive ketones (excluding diaryl/α,β-unsaturated/α-hetero) is 1. The second-order valence-electron chi connectivity index (χ2n) is 6.33. The van der Waals surface area contributed by atoms with Gasteiger partial charge in [-0.05, 0) is 38.8 Å². The Hall–Kier alpha value is -1.72. The van der Waals surface area contributed by atoms with E-state index in [1.54, 1.807) is 13.8 Å². The molecule has 5 nitrogen and oxygen atoms in total. The van der Waals surface area contributed by atoms with Gasteiger partial charge in [-0.15, -0.1) is 5.06 Å². The maximum atomic E-state index is 13.0. The van der Waals surface area contributed by atoms with Gasteiger partial charge in [-0.25, -0.2) is 0 Å². The number of benzene rings is 1. The smallest absolute Gasteiger partial charge is 0.310 e. The highest BCUT2D eigenvalue weighted by molar-refractivity contribution is 6.06. The first-order valence-corrected chi connectivity index (χ1v) is 7.35. The van der Waals surface area contributed by atoms with Crippen LogP contribution in [0.2, 0.25) is 0 Å². The van der Waals surface area contributed by atoms with E-state index in [0.29, 0.717) is 18.6 Å². The van der Waals surface area contributed by atoms with Crippen LogP contribution in [0.15, 0.2) is 30.3 Å². The molecule has 2 aliphatic rings. The number of carbonyl (C=O) groups excluding carboxylic acids is 1. The van der Waals surface area contributed by atoms with Gasteiger partial charge in [0, 0.05) is 18.4 Å². The molecule has 1 aliphatic carbocycles. The van der Waals surface area contributed by atoms with Crippen molar-refractivity contribution in [2.45, 2.75) is 50.7 Å². The highest BCUT2D eigenvalue weighted by Crippen LogP contribution is 2.41. The summed E-state index contributed by atoms with van der Waals surface area (Å²) < 4.78 is 0.754. The normalized spacial score (nSPS) is 29.4. The summed E-state index contributed by atoms with van der Waals surface area (Å²) in [4.78, 5) is 12.4. The second kappa shape index (κ2) is 4.64. The van der Waals surface area contributed by atoms with Crippen LogP contribution in [-0.4, -0.2) is 37.7 Å². The molecule has 0 saturated heterocycles. The molecule has 1 N–H and O–H groups in total. The summed E-state index contributed by atoms with van der Waals surface area (Å²) in [5.74, 6) is -0.190. The lowest BCUT2D eigenvalue weighted by atomic mass is 9.86. The minimum atomic E-state index is -1.45. The standard InChI is InChI=1S/C16H20N2O3/c1-15(2)14(12-8-4-3-5-9-12)17(20)16(18(15)21)11-7-6-10-13(16)19/h3-5,8-9,21H,6-7,10-11H2,1-2H3. The fourth-order valence-electron chi connectivity index (χ4n) is 3.58. The van der Waals surface area contributed by atoms with E-state index in [-0.39, 0.29) is 5.78 Å². The van der Waals surface area contributed by atoms with Gasteiger partial charge in [0.05, 0.1) is 0 Å². The number of hydroxylamine groups is 3. The summed E-state index contributed by atoms with van der Waals surface area (Å²) in [5.41, 5.74) is -1.17. The molecule has 1 aromatic rings. The van der Waals surface area contributed by atoms with Crippen molar-refractivity contribution in [1.29, 1.82) is 0 Å². The number of ketones is 1. The van der Waals surface area contributed by atoms with Gasteiger partial charge < -0.3 is 10.4 Å². The topological polar surface area (TPSA) is 66.6 Å². The van der Waals surface area contributed by atoms with E-state index >= 15 is 0 Å². The summed E-state index contributed by atoms with van der Waals surface area (Å²) in [6, 6.07) is 9.24. The third-order valence-corrected chi connectivity index (χ3v) is 4.67. The molecule has 112 valence electrons. The van der Waals surface area contributed by atoms with Crippen molar-refractivity contribution in [2.75, 3.05) is 0 Å². The van der Waals surface area contributed by atoms with Crippen molar-refractivity contribution in [2.24, 2.45) is 0 Å². The van der Waals surface area contributed by atoms with Crippen LogP contribution in [0.25, 0.3) is 0 Å². The predicted octanol–water partition coefficient (Wildman–Crippen LogP) is 2.31. The van der Waals surface area contributed by atoms with Gasteiger partial charge in [0.15, 0.2) is 0 Å². The maximum absolute atomic E-state index is 13.0. The molecule has 1 saturated carbocycles. The Kier molecular flexibility index (Phi) is 3.15. The summed E-state index contributed by atoms with van der Waals surface area (Å²) >= 11 is 0. The summed E-state index contributed by atoms with van der Waals surface area (Å²) in [6.45, 7) is 3.55. The van der Waals surface area contributed by atoms with E-state index in [2.05, 4.69) is 0 Å². The molecular formula is C16H20N2O3. The lowest BCUT2D eigenvalue weighted by molar-refractivity contribution is -0.573. The average Bonchev–Trinajstić information content (AvgIpc) is 2.61. The van der Waals surface area contributed by atoms with E-state index in [4.69, 9.17) is 0 Å². The minimum Gasteiger partial charge on any atom is -0.622 e. The van der Waals surface area contributed by atoms with Gasteiger partial charge in [-0.3, -0.25) is 4.79 Å². The summed E-state index contributed by atoms with van der Waals surface area (Å²) in [5, 5.41) is 24.6. The predicted molar refractivity (Wildman–Crippen MR) is 78.1 cm³/mol. The largest absolute Gasteiger partial charge is 0.622 e. The molecule has 1 unspecified atom stereocenters. The Morgan fingerprint density at radius 2 is 1.90 bits per heavy atom. The molecule has 1 heterocycles. The Morgan fingerprint density at radius 1 is 1.24 bits per heavy atom. The van der Waals surface area contributed by atoms with Gasteiger partial charge in [0.1, 0.15) is 5.54 Å². The van der Waals surface area contributed by atoms with Crippen molar-refractivity contribution < 1.29 is 14.7 Å². The zero-order valence-electron chi connectivity index (χ0n) is 12.4. The molecule has 0 radical (unpaired) electrons. The van der Waals surface area contributed by atoms with E-state index < -0.39 is 11.2 Å². The van der Waals surface area contributed by atoms with E-state index in [0.717, 1.165) is 28.2 Å². The molecule has 21 heavy (non-hydrogen) atoms. The van der Waals surface area contributed by atoms with Crippen molar-refractivity contribution in [3.8, 4) is 0 Å². The zero-order valence-corrected chi connectivity index (χ0v) is 12.4. The van der Waals surface area contributed by atoms with Gasteiger partial charge in [-0.1, -0.05) is 18.2 Å². The molecule has 1 atom stereocenters. The van der Waals surface area contributed by atoms with Crippen LogP contribution in [-0.2, 0) is 4.79 Å². The number of hydrogen-bond donors (Lipinski definition) is 1. The molecule has 1 fully saturated rings. The van der Waals surface area contributed by atoms with Crippen molar-refractivity contribution in [3.63, 3.8) is 0 Å². The Labute approximate surface area is 124 Å². The lowest BCUT2D eigenvalue weighted by Gasteiger charge is -2.36. The highest BCUT2D eigenvalue weighted by atomic mass is 16.6. The number of carbonyl (C=O) groups is 1. The zero-order chi connectivity index (χ0) is 15.3. The van der Waals surface area contributed by atoms with Crippen LogP contribution in [0, 0.1) is 5.21 Å². The van der Waals surface area contributed by atoms with Crippen LogP contribution in [0.4, 0.5) is 0 Å². The number of rotatable bonds is 1. The average molecular weight is 288 g/mol. The first-order valence-electron chi connectivity index (χ1n) is 7.35. The van der Waals surface area contributed by atoms with E-state index in [1.165, 1.54) is 0 Å². The SMILES string of the molecule is CC1(C)C(c2ccccc2)=[N+]([O-])C2(CCCCC2=O)N1O. The molecule has 5 heteroatoms. The van der Waals surface area contributed by atoms with Crippen LogP contribution in [0.1, 0.15) is 45.1 Å². The van der Waals surface area contributed by atoms with Crippen LogP contribution in [0.5, 0.6) is 0 Å². The first kappa shape index (κ1) is 14.2. The van der Waals surface area contributed by atoms with Crippen LogP contribution < -0.4 is 0 Å². The van der Waals surface area contributed by atoms with Crippen LogP contribution in [0.3, 0.4) is 0 Å². The molecule has 0 amide bonds. The molecule has 0 aromatic heterocycles. The van der Waals surface area contributed by atoms with Crippen molar-refractivity contribution >= 4 is 11.5 Å². The summed E-state index contributed by atoms with van der Waals surface area (Å²) in [7, 11) is 0. The molecule has 1 aliphatic heterocycles. The Balaban J connectivity index is 2.21. The molecular weight excluding hydrogens is 268 g/mol. The molecule has 0 bridgehead atoms. The second-order valence-corrected chi connectivity index (χ2v) is 6.33.